The third-order valence-electron chi connectivity index (χ3n) is 8.28. The number of nitrogens with one attached hydrogen (secondary N) is 1. The lowest BCUT2D eigenvalue weighted by atomic mass is 9.70. The Hall–Kier alpha value is -2.15. The first-order valence-corrected chi connectivity index (χ1v) is 15.4. The van der Waals surface area contributed by atoms with E-state index in [0.717, 1.165) is 67.4 Å². The van der Waals surface area contributed by atoms with E-state index in [4.69, 9.17) is 16.3 Å². The minimum Gasteiger partial charge on any atom is -0.491 e. The molecule has 7 heteroatoms. The van der Waals surface area contributed by atoms with Gasteiger partial charge in [0, 0.05) is 35.3 Å². The van der Waals surface area contributed by atoms with Gasteiger partial charge in [0.2, 0.25) is 0 Å². The molecule has 38 heavy (non-hydrogen) atoms. The van der Waals surface area contributed by atoms with Crippen molar-refractivity contribution in [2.45, 2.75) is 58.0 Å². The van der Waals surface area contributed by atoms with Crippen molar-refractivity contribution in [2.24, 2.45) is 17.8 Å². The zero-order chi connectivity index (χ0) is 26.6. The molecule has 3 aliphatic rings. The summed E-state index contributed by atoms with van der Waals surface area (Å²) in [5.41, 5.74) is 4.17. The van der Waals surface area contributed by atoms with Crippen LogP contribution in [0.4, 0.5) is 5.69 Å². The number of fused-ring (bicyclic) bond motifs is 2. The van der Waals surface area contributed by atoms with Crippen molar-refractivity contribution in [3.8, 4) is 5.75 Å². The number of rotatable bonds is 3. The van der Waals surface area contributed by atoms with Crippen molar-refractivity contribution in [3.63, 3.8) is 0 Å². The molecule has 2 aromatic rings. The monoisotopic (exact) mass is 554 g/mol. The van der Waals surface area contributed by atoms with Crippen molar-refractivity contribution in [1.29, 1.82) is 0 Å². The first-order valence-electron chi connectivity index (χ1n) is 14.0. The number of carbonyl (C=O) groups is 1. The zero-order valence-corrected chi connectivity index (χ0v) is 23.9. The number of anilines is 1. The highest BCUT2D eigenvalue weighted by Crippen LogP contribution is 2.42. The van der Waals surface area contributed by atoms with Gasteiger partial charge in [-0.05, 0) is 96.8 Å². The Labute approximate surface area is 236 Å². The van der Waals surface area contributed by atoms with Crippen LogP contribution in [0.5, 0.6) is 5.75 Å². The predicted molar refractivity (Wildman–Crippen MR) is 157 cm³/mol. The van der Waals surface area contributed by atoms with Gasteiger partial charge in [0.25, 0.3) is 5.91 Å². The quantitative estimate of drug-likeness (QED) is 0.329. The fourth-order valence-corrected chi connectivity index (χ4v) is 6.93. The number of benzene rings is 2. The molecule has 5 rings (SSSR count). The molecule has 0 spiro atoms. The zero-order valence-electron chi connectivity index (χ0n) is 22.4. The molecular weight excluding hydrogens is 516 g/mol. The van der Waals surface area contributed by atoms with Crippen LogP contribution in [0, 0.1) is 17.8 Å². The van der Waals surface area contributed by atoms with E-state index in [2.05, 4.69) is 41.7 Å². The lowest BCUT2D eigenvalue weighted by Gasteiger charge is -2.42. The van der Waals surface area contributed by atoms with Gasteiger partial charge in [0.15, 0.2) is 0 Å². The largest absolute Gasteiger partial charge is 0.491 e. The molecule has 5 nitrogen and oxygen atoms in total. The first-order chi connectivity index (χ1) is 18.4. The van der Waals surface area contributed by atoms with Crippen LogP contribution in [-0.2, 0) is 6.42 Å². The van der Waals surface area contributed by atoms with Crippen molar-refractivity contribution in [2.75, 3.05) is 30.3 Å². The Morgan fingerprint density at radius 1 is 1.18 bits per heavy atom. The molecule has 1 saturated carbocycles. The highest BCUT2D eigenvalue weighted by molar-refractivity contribution is 7.97. The van der Waals surface area contributed by atoms with Gasteiger partial charge in [0.1, 0.15) is 5.75 Å². The summed E-state index contributed by atoms with van der Waals surface area (Å²) in [6, 6.07) is 12.0. The second-order valence-corrected chi connectivity index (χ2v) is 12.5. The van der Waals surface area contributed by atoms with Gasteiger partial charge in [0.05, 0.1) is 18.4 Å². The molecule has 204 valence electrons. The minimum absolute atomic E-state index is 0.0757. The van der Waals surface area contributed by atoms with Crippen LogP contribution in [0.1, 0.15) is 66.9 Å². The Bertz CT molecular complexity index is 1170. The summed E-state index contributed by atoms with van der Waals surface area (Å²) in [7, 11) is 0. The van der Waals surface area contributed by atoms with E-state index in [0.29, 0.717) is 24.0 Å². The van der Waals surface area contributed by atoms with Crippen molar-refractivity contribution >= 4 is 35.1 Å². The predicted octanol–water partition coefficient (Wildman–Crippen LogP) is 6.64. The standard InChI is InChI=1S/C31H39ClN2O3S/c1-3-5-21-14-25(32)10-12-26(21)24-17-34-16-23-8-11-27(23)29(35)7-4-6-20(2)19-38-33-31(36)22-9-13-30(37-18-24)28(34)15-22/h4,7,9-10,12-15,20,23-24,27,29,35H,3,5-6,8,11,16-19H2,1-2H3,(H,33,36)/b7-4+. The van der Waals surface area contributed by atoms with E-state index < -0.39 is 6.10 Å². The molecule has 2 aliphatic heterocycles. The number of hydrogen-bond donors (Lipinski definition) is 2. The lowest BCUT2D eigenvalue weighted by molar-refractivity contribution is 0.0461. The third-order valence-corrected chi connectivity index (χ3v) is 9.58. The van der Waals surface area contributed by atoms with Gasteiger partial charge in [-0.15, -0.1) is 0 Å². The molecule has 0 radical (unpaired) electrons. The number of nitrogens with zero attached hydrogens (tertiary/aromatic N) is 1. The summed E-state index contributed by atoms with van der Waals surface area (Å²) in [5.74, 6) is 2.78. The summed E-state index contributed by atoms with van der Waals surface area (Å²) in [6.07, 6.45) is 8.75. The average Bonchev–Trinajstić information content (AvgIpc) is 3.05. The van der Waals surface area contributed by atoms with Crippen LogP contribution in [0.25, 0.3) is 0 Å². The van der Waals surface area contributed by atoms with Gasteiger partial charge < -0.3 is 14.7 Å². The van der Waals surface area contributed by atoms with Crippen LogP contribution >= 0.6 is 23.5 Å². The molecule has 1 aliphatic carbocycles. The van der Waals surface area contributed by atoms with Crippen LogP contribution in [0.3, 0.4) is 0 Å². The molecule has 2 N–H and O–H groups in total. The summed E-state index contributed by atoms with van der Waals surface area (Å²) < 4.78 is 9.44. The topological polar surface area (TPSA) is 61.8 Å². The maximum Gasteiger partial charge on any atom is 0.261 e. The second-order valence-electron chi connectivity index (χ2n) is 11.2. The molecule has 2 aromatic carbocycles. The smallest absolute Gasteiger partial charge is 0.261 e. The molecule has 5 unspecified atom stereocenters. The maximum atomic E-state index is 13.0. The Kier molecular flexibility index (Phi) is 8.91. The summed E-state index contributed by atoms with van der Waals surface area (Å²) in [6.45, 7) is 6.55. The number of hydrogen-bond acceptors (Lipinski definition) is 5. The first kappa shape index (κ1) is 27.4. The minimum atomic E-state index is -0.418. The van der Waals surface area contributed by atoms with E-state index in [1.54, 1.807) is 0 Å². The van der Waals surface area contributed by atoms with E-state index in [9.17, 15) is 9.90 Å². The number of aliphatic hydroxyl groups excluding tert-OH is 1. The third kappa shape index (κ3) is 6.19. The molecular formula is C31H39ClN2O3S. The normalized spacial score (nSPS) is 28.8. The molecule has 0 saturated heterocycles. The number of carbonyl (C=O) groups excluding carboxylic acids is 1. The Morgan fingerprint density at radius 2 is 2.05 bits per heavy atom. The summed E-state index contributed by atoms with van der Waals surface area (Å²) >= 11 is 7.83. The SMILES string of the molecule is CCCc1cc(Cl)ccc1C1COc2ccc3cc2N(C1)CC1CCC1C(O)/C=C/CC(C)CSNC3=O. The number of halogens is 1. The van der Waals surface area contributed by atoms with Crippen molar-refractivity contribution in [1.82, 2.24) is 4.72 Å². The van der Waals surface area contributed by atoms with Crippen molar-refractivity contribution < 1.29 is 14.6 Å². The number of amides is 1. The number of aryl methyl sites for hydroxylation is 1. The Morgan fingerprint density at radius 3 is 2.84 bits per heavy atom. The Balaban J connectivity index is 1.49. The van der Waals surface area contributed by atoms with E-state index in [-0.39, 0.29) is 17.7 Å². The van der Waals surface area contributed by atoms with E-state index >= 15 is 0 Å². The summed E-state index contributed by atoms with van der Waals surface area (Å²) in [4.78, 5) is 15.4. The highest BCUT2D eigenvalue weighted by Gasteiger charge is 2.38. The van der Waals surface area contributed by atoms with Crippen LogP contribution in [-0.4, -0.2) is 42.6 Å². The van der Waals surface area contributed by atoms with Crippen LogP contribution in [0.15, 0.2) is 48.6 Å². The number of allylic oxidation sites excluding steroid dienone is 1. The molecule has 0 aromatic heterocycles. The van der Waals surface area contributed by atoms with Crippen LogP contribution < -0.4 is 14.4 Å². The molecule has 1 amide bonds. The highest BCUT2D eigenvalue weighted by atomic mass is 35.5. The molecule has 1 fully saturated rings. The van der Waals surface area contributed by atoms with Gasteiger partial charge in [-0.2, -0.15) is 0 Å². The van der Waals surface area contributed by atoms with Gasteiger partial charge in [-0.1, -0.05) is 50.1 Å². The van der Waals surface area contributed by atoms with Crippen molar-refractivity contribution in [3.05, 3.63) is 70.3 Å². The fraction of sp³-hybridized carbons (Fsp3) is 0.516. The second kappa shape index (κ2) is 12.4. The maximum absolute atomic E-state index is 13.0. The lowest BCUT2D eigenvalue weighted by Crippen LogP contribution is -2.44. The van der Waals surface area contributed by atoms with E-state index in [1.807, 2.05) is 30.3 Å². The molecule has 5 atom stereocenters. The fourth-order valence-electron chi connectivity index (χ4n) is 5.98. The number of aliphatic hydroxyl groups is 1. The van der Waals surface area contributed by atoms with Gasteiger partial charge in [-0.3, -0.25) is 9.52 Å². The van der Waals surface area contributed by atoms with Crippen LogP contribution in [0.2, 0.25) is 5.02 Å². The summed E-state index contributed by atoms with van der Waals surface area (Å²) in [5, 5.41) is 11.8. The molecule has 2 heterocycles. The average molecular weight is 555 g/mol. The van der Waals surface area contributed by atoms with Gasteiger partial charge >= 0.3 is 0 Å². The van der Waals surface area contributed by atoms with Gasteiger partial charge in [-0.25, -0.2) is 0 Å². The van der Waals surface area contributed by atoms with E-state index in [1.165, 1.54) is 23.1 Å². The number of ether oxygens (including phenoxy) is 1. The molecule has 2 bridgehead atoms.